The first kappa shape index (κ1) is 16.6. The Morgan fingerprint density at radius 2 is 1.43 bits per heavy atom. The molecule has 0 unspecified atom stereocenters. The van der Waals surface area contributed by atoms with Crippen LogP contribution in [-0.4, -0.2) is 0 Å². The van der Waals surface area contributed by atoms with E-state index in [1.54, 1.807) is 0 Å². The lowest BCUT2D eigenvalue weighted by atomic mass is 9.77. The molecule has 1 heteroatoms. The zero-order chi connectivity index (χ0) is 16.2. The van der Waals surface area contributed by atoms with Crippen LogP contribution in [0.1, 0.15) is 75.3 Å². The summed E-state index contributed by atoms with van der Waals surface area (Å²) in [7, 11) is 0. The Balaban J connectivity index is 1.49. The van der Waals surface area contributed by atoms with Crippen LogP contribution >= 0.6 is 0 Å². The van der Waals surface area contributed by atoms with Gasteiger partial charge in [-0.1, -0.05) is 44.1 Å². The zero-order valence-electron chi connectivity index (χ0n) is 14.9. The van der Waals surface area contributed by atoms with Crippen molar-refractivity contribution in [3.63, 3.8) is 0 Å². The summed E-state index contributed by atoms with van der Waals surface area (Å²) in [5, 5.41) is 0. The SMILES string of the molecule is Cc1ccc(C2CCC(/C=C/C3CCC(C)CC3)CC2)cc1N. The van der Waals surface area contributed by atoms with Crippen molar-refractivity contribution in [2.75, 3.05) is 5.73 Å². The van der Waals surface area contributed by atoms with E-state index in [2.05, 4.69) is 44.2 Å². The summed E-state index contributed by atoms with van der Waals surface area (Å²) in [6, 6.07) is 6.68. The highest BCUT2D eigenvalue weighted by Crippen LogP contribution is 2.38. The van der Waals surface area contributed by atoms with Gasteiger partial charge in [0.2, 0.25) is 0 Å². The van der Waals surface area contributed by atoms with Gasteiger partial charge in [0, 0.05) is 5.69 Å². The van der Waals surface area contributed by atoms with Gasteiger partial charge in [0.05, 0.1) is 0 Å². The molecule has 2 saturated carbocycles. The van der Waals surface area contributed by atoms with Crippen LogP contribution in [0.2, 0.25) is 0 Å². The zero-order valence-corrected chi connectivity index (χ0v) is 14.9. The van der Waals surface area contributed by atoms with Gasteiger partial charge in [-0.3, -0.25) is 0 Å². The quantitative estimate of drug-likeness (QED) is 0.519. The molecule has 0 radical (unpaired) electrons. The number of nitrogens with two attached hydrogens (primary N) is 1. The van der Waals surface area contributed by atoms with E-state index in [4.69, 9.17) is 5.73 Å². The molecular weight excluding hydrogens is 278 g/mol. The Kier molecular flexibility index (Phi) is 5.46. The molecule has 0 aliphatic heterocycles. The van der Waals surface area contributed by atoms with Crippen LogP contribution in [0.15, 0.2) is 30.4 Å². The summed E-state index contributed by atoms with van der Waals surface area (Å²) in [6.45, 7) is 4.49. The second kappa shape index (κ2) is 7.55. The number of nitrogen functional groups attached to an aromatic ring is 1. The van der Waals surface area contributed by atoms with Crippen LogP contribution in [0.25, 0.3) is 0 Å². The van der Waals surface area contributed by atoms with Gasteiger partial charge in [0.25, 0.3) is 0 Å². The number of aryl methyl sites for hydroxylation is 1. The summed E-state index contributed by atoms with van der Waals surface area (Å²) in [5.41, 5.74) is 9.69. The topological polar surface area (TPSA) is 26.0 Å². The largest absolute Gasteiger partial charge is 0.399 e. The number of allylic oxidation sites excluding steroid dienone is 2. The fourth-order valence-electron chi connectivity index (χ4n) is 4.35. The van der Waals surface area contributed by atoms with Gasteiger partial charge in [-0.05, 0) is 86.3 Å². The minimum atomic E-state index is 0.720. The van der Waals surface area contributed by atoms with Gasteiger partial charge in [-0.2, -0.15) is 0 Å². The first-order chi connectivity index (χ1) is 11.1. The van der Waals surface area contributed by atoms with E-state index in [0.717, 1.165) is 29.4 Å². The van der Waals surface area contributed by atoms with E-state index in [-0.39, 0.29) is 0 Å². The summed E-state index contributed by atoms with van der Waals surface area (Å²) >= 11 is 0. The van der Waals surface area contributed by atoms with Gasteiger partial charge in [-0.15, -0.1) is 0 Å². The Hall–Kier alpha value is -1.24. The van der Waals surface area contributed by atoms with Crippen molar-refractivity contribution in [3.8, 4) is 0 Å². The molecule has 0 bridgehead atoms. The minimum absolute atomic E-state index is 0.720. The average Bonchev–Trinajstić information content (AvgIpc) is 2.57. The Morgan fingerprint density at radius 1 is 0.870 bits per heavy atom. The maximum atomic E-state index is 6.08. The molecule has 0 heterocycles. The minimum Gasteiger partial charge on any atom is -0.399 e. The highest BCUT2D eigenvalue weighted by Gasteiger charge is 2.22. The third kappa shape index (κ3) is 4.40. The maximum absolute atomic E-state index is 6.08. The monoisotopic (exact) mass is 311 g/mol. The summed E-state index contributed by atoms with van der Waals surface area (Å²) < 4.78 is 0. The summed E-state index contributed by atoms with van der Waals surface area (Å²) in [4.78, 5) is 0. The molecule has 2 aliphatic rings. The Morgan fingerprint density at radius 3 is 2.00 bits per heavy atom. The summed E-state index contributed by atoms with van der Waals surface area (Å²) in [5.74, 6) is 3.35. The van der Waals surface area contributed by atoms with Crippen LogP contribution in [0, 0.1) is 24.7 Å². The molecule has 0 amide bonds. The van der Waals surface area contributed by atoms with Crippen molar-refractivity contribution >= 4 is 5.69 Å². The highest BCUT2D eigenvalue weighted by molar-refractivity contribution is 5.49. The first-order valence-electron chi connectivity index (χ1n) is 9.66. The molecule has 1 aromatic rings. The standard InChI is InChI=1S/C22H33N/c1-16-3-6-18(7-4-16)8-9-19-10-13-20(14-11-19)21-12-5-17(2)22(23)15-21/h5,8-9,12,15-16,18-20H,3-4,6-7,10-11,13-14,23H2,1-2H3/b9-8+. The molecule has 0 aromatic heterocycles. The lowest BCUT2D eigenvalue weighted by Gasteiger charge is -2.28. The van der Waals surface area contributed by atoms with Crippen LogP contribution < -0.4 is 5.73 Å². The summed E-state index contributed by atoms with van der Waals surface area (Å²) in [6.07, 6.45) is 16.1. The molecule has 0 spiro atoms. The fraction of sp³-hybridized carbons (Fsp3) is 0.636. The molecule has 2 fully saturated rings. The number of hydrogen-bond acceptors (Lipinski definition) is 1. The first-order valence-corrected chi connectivity index (χ1v) is 9.66. The molecular formula is C22H33N. The molecule has 23 heavy (non-hydrogen) atoms. The van der Waals surface area contributed by atoms with Crippen molar-refractivity contribution in [2.24, 2.45) is 17.8 Å². The van der Waals surface area contributed by atoms with Crippen molar-refractivity contribution in [1.29, 1.82) is 0 Å². The second-order valence-corrected chi connectivity index (χ2v) is 8.13. The molecule has 126 valence electrons. The van der Waals surface area contributed by atoms with Crippen LogP contribution in [0.3, 0.4) is 0 Å². The van der Waals surface area contributed by atoms with Gasteiger partial charge >= 0.3 is 0 Å². The van der Waals surface area contributed by atoms with E-state index in [9.17, 15) is 0 Å². The average molecular weight is 312 g/mol. The third-order valence-corrected chi connectivity index (χ3v) is 6.26. The molecule has 1 aromatic carbocycles. The van der Waals surface area contributed by atoms with Crippen molar-refractivity contribution < 1.29 is 0 Å². The lowest BCUT2D eigenvalue weighted by Crippen LogP contribution is -2.13. The lowest BCUT2D eigenvalue weighted by molar-refractivity contribution is 0.327. The highest BCUT2D eigenvalue weighted by atomic mass is 14.6. The molecule has 0 saturated heterocycles. The van der Waals surface area contributed by atoms with E-state index < -0.39 is 0 Å². The van der Waals surface area contributed by atoms with E-state index >= 15 is 0 Å². The van der Waals surface area contributed by atoms with E-state index in [1.165, 1.54) is 62.5 Å². The normalized spacial score (nSPS) is 32.3. The van der Waals surface area contributed by atoms with Crippen molar-refractivity contribution in [2.45, 2.75) is 71.1 Å². The number of anilines is 1. The van der Waals surface area contributed by atoms with Gasteiger partial charge in [-0.25, -0.2) is 0 Å². The number of hydrogen-bond donors (Lipinski definition) is 1. The van der Waals surface area contributed by atoms with Crippen molar-refractivity contribution in [3.05, 3.63) is 41.5 Å². The smallest absolute Gasteiger partial charge is 0.0346 e. The third-order valence-electron chi connectivity index (χ3n) is 6.26. The van der Waals surface area contributed by atoms with Crippen molar-refractivity contribution in [1.82, 2.24) is 0 Å². The Labute approximate surface area is 142 Å². The molecule has 3 rings (SSSR count). The maximum Gasteiger partial charge on any atom is 0.0346 e. The molecule has 0 atom stereocenters. The fourth-order valence-corrected chi connectivity index (χ4v) is 4.35. The predicted octanol–water partition coefficient (Wildman–Crippen LogP) is 6.23. The van der Waals surface area contributed by atoms with Crippen LogP contribution in [-0.2, 0) is 0 Å². The van der Waals surface area contributed by atoms with Gasteiger partial charge in [0.15, 0.2) is 0 Å². The molecule has 2 N–H and O–H groups in total. The molecule has 2 aliphatic carbocycles. The van der Waals surface area contributed by atoms with Gasteiger partial charge in [0.1, 0.15) is 0 Å². The van der Waals surface area contributed by atoms with Crippen LogP contribution in [0.5, 0.6) is 0 Å². The van der Waals surface area contributed by atoms with Gasteiger partial charge < -0.3 is 5.73 Å². The number of benzene rings is 1. The van der Waals surface area contributed by atoms with E-state index in [1.807, 2.05) is 0 Å². The second-order valence-electron chi connectivity index (χ2n) is 8.13. The predicted molar refractivity (Wildman–Crippen MR) is 101 cm³/mol. The Bertz CT molecular complexity index is 529. The molecule has 1 nitrogen and oxygen atoms in total. The van der Waals surface area contributed by atoms with Crippen LogP contribution in [0.4, 0.5) is 5.69 Å². The van der Waals surface area contributed by atoms with E-state index in [0.29, 0.717) is 0 Å². The number of rotatable bonds is 3.